The van der Waals surface area contributed by atoms with Crippen molar-refractivity contribution in [2.24, 2.45) is 5.73 Å². The topological polar surface area (TPSA) is 248 Å². The molecule has 70 heavy (non-hydrogen) atoms. The Labute approximate surface area is 419 Å². The van der Waals surface area contributed by atoms with Gasteiger partial charge in [0.25, 0.3) is 5.91 Å². The van der Waals surface area contributed by atoms with Crippen molar-refractivity contribution in [3.05, 3.63) is 81.1 Å². The van der Waals surface area contributed by atoms with E-state index in [0.717, 1.165) is 101 Å². The number of nitrogens with one attached hydrogen (secondary N) is 2. The van der Waals surface area contributed by atoms with Crippen molar-refractivity contribution < 1.29 is 44.5 Å². The van der Waals surface area contributed by atoms with Crippen molar-refractivity contribution in [3.8, 4) is 0 Å². The minimum absolute atomic E-state index is 0.349. The summed E-state index contributed by atoms with van der Waals surface area (Å²) in [5, 5.41) is 60.1. The number of ether oxygens (including phenoxy) is 3. The van der Waals surface area contributed by atoms with Gasteiger partial charge >= 0.3 is 0 Å². The number of aryl methyl sites for hydroxylation is 2. The molecular formula is C49H71ClN10O9S. The second kappa shape index (κ2) is 26.5. The van der Waals surface area contributed by atoms with Crippen LogP contribution < -0.4 is 26.2 Å². The average molecular weight is 1010 g/mol. The molecule has 19 nitrogen and oxygen atoms in total. The quantitative estimate of drug-likeness (QED) is 0.0283. The predicted molar refractivity (Wildman–Crippen MR) is 269 cm³/mol. The third kappa shape index (κ3) is 14.3. The number of hydrogen-bond donors (Lipinski definition) is 8. The molecular weight excluding hydrogens is 940 g/mol. The number of hydrogen-bond acceptors (Lipinski definition) is 19. The van der Waals surface area contributed by atoms with E-state index in [1.54, 1.807) is 18.2 Å². The molecule has 1 amide bonds. The number of halogens is 1. The number of piperidine rings is 1. The van der Waals surface area contributed by atoms with Gasteiger partial charge in [-0.05, 0) is 83.0 Å². The summed E-state index contributed by atoms with van der Waals surface area (Å²) in [6, 6.07) is 12.3. The molecule has 21 heteroatoms. The first-order valence-electron chi connectivity index (χ1n) is 24.6. The third-order valence-corrected chi connectivity index (χ3v) is 14.3. The highest BCUT2D eigenvalue weighted by atomic mass is 35.5. The number of benzene rings is 2. The summed E-state index contributed by atoms with van der Waals surface area (Å²) in [4.78, 5) is 34.6. The Morgan fingerprint density at radius 1 is 0.886 bits per heavy atom. The molecule has 3 aliphatic heterocycles. The van der Waals surface area contributed by atoms with Gasteiger partial charge in [-0.2, -0.15) is 0 Å². The number of thiazole rings is 1. The van der Waals surface area contributed by atoms with Gasteiger partial charge in [-0.25, -0.2) is 19.9 Å². The van der Waals surface area contributed by atoms with Crippen LogP contribution in [-0.4, -0.2) is 153 Å². The molecule has 0 spiro atoms. The Bertz CT molecular complexity index is 2250. The fourth-order valence-electron chi connectivity index (χ4n) is 9.33. The summed E-state index contributed by atoms with van der Waals surface area (Å²) < 4.78 is 17.2. The van der Waals surface area contributed by atoms with E-state index < -0.39 is 43.1 Å². The van der Waals surface area contributed by atoms with Gasteiger partial charge in [0, 0.05) is 62.3 Å². The number of carbonyl (C=O) groups excluding carboxylic acids is 1. The Hall–Kier alpha value is -4.13. The van der Waals surface area contributed by atoms with E-state index in [4.69, 9.17) is 41.5 Å². The number of primary amides is 1. The van der Waals surface area contributed by atoms with Crippen LogP contribution in [0.2, 0.25) is 5.02 Å². The van der Waals surface area contributed by atoms with Crippen LogP contribution in [0.1, 0.15) is 109 Å². The standard InChI is InChI=1S/C49H71ClN10O9S/c1-32-12-10-14-35(50)44(32)60(49-52-31-38(70-49)45(51)63)40-30-39(53-33(2)54-40)58-22-20-57(21-23-58)19-7-3-4-8-24-67-26-28-69-29-27-68-25-9-5-6-16-41(61)55-36-15-11-13-34-43(36)48(66)59(47(34)65)37-17-18-42(62)56-46(37)64/h10-15,30-31,37,41-42,46-48,55-56,61-62,64-66H,3-9,16-29H2,1-2H3,(H2,51,63). The van der Waals surface area contributed by atoms with Gasteiger partial charge in [0.1, 0.15) is 53.5 Å². The van der Waals surface area contributed by atoms with Crippen molar-refractivity contribution in [2.45, 2.75) is 115 Å². The van der Waals surface area contributed by atoms with E-state index in [1.807, 2.05) is 43.0 Å². The first-order valence-corrected chi connectivity index (χ1v) is 25.8. The van der Waals surface area contributed by atoms with Crippen LogP contribution in [0.25, 0.3) is 0 Å². The number of aliphatic hydroxyl groups excluding tert-OH is 5. The molecule has 2 aromatic carbocycles. The van der Waals surface area contributed by atoms with Crippen LogP contribution in [0.15, 0.2) is 48.7 Å². The summed E-state index contributed by atoms with van der Waals surface area (Å²) in [6.07, 6.45) is 4.57. The number of rotatable bonds is 27. The zero-order valence-electron chi connectivity index (χ0n) is 40.3. The first kappa shape index (κ1) is 53.7. The van der Waals surface area contributed by atoms with Gasteiger partial charge in [0.2, 0.25) is 0 Å². The maximum absolute atomic E-state index is 12.0. The second-order valence-corrected chi connectivity index (χ2v) is 19.5. The Morgan fingerprint density at radius 2 is 1.57 bits per heavy atom. The molecule has 2 aromatic heterocycles. The summed E-state index contributed by atoms with van der Waals surface area (Å²) in [5.41, 5.74) is 8.77. The molecule has 7 rings (SSSR count). The lowest BCUT2D eigenvalue weighted by Gasteiger charge is -2.40. The van der Waals surface area contributed by atoms with E-state index in [0.29, 0.717) is 95.8 Å². The minimum Gasteiger partial charge on any atom is -0.379 e. The van der Waals surface area contributed by atoms with Crippen molar-refractivity contribution in [1.29, 1.82) is 0 Å². The van der Waals surface area contributed by atoms with Gasteiger partial charge in [-0.1, -0.05) is 66.5 Å². The molecule has 384 valence electrons. The van der Waals surface area contributed by atoms with E-state index in [9.17, 15) is 30.3 Å². The lowest BCUT2D eigenvalue weighted by Crippen LogP contribution is -2.57. The van der Waals surface area contributed by atoms with Crippen LogP contribution >= 0.6 is 22.9 Å². The molecule has 0 saturated carbocycles. The lowest BCUT2D eigenvalue weighted by atomic mass is 10.0. The highest BCUT2D eigenvalue weighted by Crippen LogP contribution is 2.46. The molecule has 2 saturated heterocycles. The van der Waals surface area contributed by atoms with Gasteiger partial charge in [0.15, 0.2) is 5.13 Å². The van der Waals surface area contributed by atoms with Crippen molar-refractivity contribution >= 4 is 57.0 Å². The van der Waals surface area contributed by atoms with E-state index in [1.165, 1.54) is 22.4 Å². The van der Waals surface area contributed by atoms with E-state index in [-0.39, 0.29) is 0 Å². The molecule has 2 fully saturated rings. The molecule has 0 aliphatic carbocycles. The summed E-state index contributed by atoms with van der Waals surface area (Å²) >= 11 is 7.95. The number of aromatic nitrogens is 3. The minimum atomic E-state index is -1.19. The first-order chi connectivity index (χ1) is 33.9. The van der Waals surface area contributed by atoms with Crippen LogP contribution in [0.5, 0.6) is 0 Å². The van der Waals surface area contributed by atoms with Crippen molar-refractivity contribution in [1.82, 2.24) is 30.1 Å². The van der Waals surface area contributed by atoms with Gasteiger partial charge in [-0.3, -0.25) is 19.9 Å². The van der Waals surface area contributed by atoms with Crippen molar-refractivity contribution in [2.75, 3.05) is 87.5 Å². The Morgan fingerprint density at radius 3 is 2.26 bits per heavy atom. The largest absolute Gasteiger partial charge is 0.379 e. The number of amides is 1. The van der Waals surface area contributed by atoms with Crippen LogP contribution in [-0.2, 0) is 14.2 Å². The third-order valence-electron chi connectivity index (χ3n) is 13.0. The molecule has 0 bridgehead atoms. The molecule has 3 aliphatic rings. The molecule has 4 aromatic rings. The normalized spacial score (nSPS) is 21.3. The summed E-state index contributed by atoms with van der Waals surface area (Å²) in [7, 11) is 0. The molecule has 5 heterocycles. The molecule has 0 radical (unpaired) electrons. The van der Waals surface area contributed by atoms with Gasteiger partial charge < -0.3 is 55.7 Å². The Balaban J connectivity index is 0.687. The van der Waals surface area contributed by atoms with E-state index in [2.05, 4.69) is 25.4 Å². The number of nitrogens with zero attached hydrogens (tertiary/aromatic N) is 7. The van der Waals surface area contributed by atoms with Crippen molar-refractivity contribution in [3.63, 3.8) is 0 Å². The lowest BCUT2D eigenvalue weighted by molar-refractivity contribution is -0.158. The second-order valence-electron chi connectivity index (χ2n) is 18.1. The maximum Gasteiger partial charge on any atom is 0.260 e. The monoisotopic (exact) mass is 1010 g/mol. The number of carbonyl (C=O) groups is 1. The number of para-hydroxylation sites is 1. The highest BCUT2D eigenvalue weighted by molar-refractivity contribution is 7.17. The van der Waals surface area contributed by atoms with E-state index >= 15 is 0 Å². The number of fused-ring (bicyclic) bond motifs is 1. The number of nitrogens with two attached hydrogens (primary N) is 1. The fourth-order valence-corrected chi connectivity index (χ4v) is 10.4. The molecule has 6 atom stereocenters. The zero-order valence-corrected chi connectivity index (χ0v) is 41.9. The molecule has 6 unspecified atom stereocenters. The zero-order chi connectivity index (χ0) is 49.6. The predicted octanol–water partition coefficient (Wildman–Crippen LogP) is 5.18. The molecule has 9 N–H and O–H groups in total. The van der Waals surface area contributed by atoms with Crippen LogP contribution in [0.3, 0.4) is 0 Å². The Kier molecular flexibility index (Phi) is 20.3. The maximum atomic E-state index is 12.0. The number of piperazine rings is 1. The van der Waals surface area contributed by atoms with Gasteiger partial charge in [-0.15, -0.1) is 0 Å². The summed E-state index contributed by atoms with van der Waals surface area (Å²) in [6.45, 7) is 11.9. The number of anilines is 5. The fraction of sp³-hybridized carbons (Fsp3) is 0.592. The van der Waals surface area contributed by atoms with Crippen LogP contribution in [0, 0.1) is 13.8 Å². The summed E-state index contributed by atoms with van der Waals surface area (Å²) in [5.74, 6) is 1.54. The SMILES string of the molecule is Cc1nc(N2CCN(CCCCCCOCCOCCOCCCCCC(O)Nc3cccc4c3C(O)N(C3CCC(O)NC3O)C4O)CC2)cc(N(c2ncc(C(N)=O)s2)c2c(C)cccc2Cl)n1. The van der Waals surface area contributed by atoms with Crippen LogP contribution in [0.4, 0.5) is 28.1 Å². The number of unbranched alkanes of at least 4 members (excludes halogenated alkanes) is 5. The smallest absolute Gasteiger partial charge is 0.260 e. The highest BCUT2D eigenvalue weighted by Gasteiger charge is 2.46. The number of aliphatic hydroxyl groups is 5. The average Bonchev–Trinajstić information content (AvgIpc) is 3.92. The van der Waals surface area contributed by atoms with Gasteiger partial charge in [0.05, 0.1) is 49.4 Å².